The fraction of sp³-hybridized carbons (Fsp3) is 0.0667. The van der Waals surface area contributed by atoms with E-state index in [9.17, 15) is 0 Å². The van der Waals surface area contributed by atoms with Crippen molar-refractivity contribution in [3.8, 4) is 5.75 Å². The van der Waals surface area contributed by atoms with Gasteiger partial charge in [0.05, 0.1) is 4.70 Å². The van der Waals surface area contributed by atoms with Gasteiger partial charge in [0, 0.05) is 9.86 Å². The lowest BCUT2D eigenvalue weighted by Crippen LogP contribution is -1.94. The van der Waals surface area contributed by atoms with E-state index in [0.29, 0.717) is 6.61 Å². The summed E-state index contributed by atoms with van der Waals surface area (Å²) in [6, 6.07) is 16.4. The van der Waals surface area contributed by atoms with Crippen LogP contribution in [0.15, 0.2) is 58.4 Å². The maximum Gasteiger partial charge on any atom is 0.137 e. The van der Waals surface area contributed by atoms with Crippen LogP contribution in [0.3, 0.4) is 0 Å². The number of ether oxygens (including phenoxy) is 1. The highest BCUT2D eigenvalue weighted by Crippen LogP contribution is 2.35. The molecule has 18 heavy (non-hydrogen) atoms. The molecule has 1 nitrogen and oxygen atoms in total. The summed E-state index contributed by atoms with van der Waals surface area (Å²) in [6.45, 7) is 0.607. The molecule has 0 N–H and O–H groups in total. The molecule has 0 bridgehead atoms. The lowest BCUT2D eigenvalue weighted by Gasteiger charge is -2.08. The topological polar surface area (TPSA) is 9.23 Å². The van der Waals surface area contributed by atoms with Crippen molar-refractivity contribution in [3.63, 3.8) is 0 Å². The molecule has 0 atom stereocenters. The zero-order chi connectivity index (χ0) is 12.4. The van der Waals surface area contributed by atoms with E-state index in [1.165, 1.54) is 15.6 Å². The van der Waals surface area contributed by atoms with Crippen LogP contribution in [-0.2, 0) is 6.61 Å². The Kier molecular flexibility index (Phi) is 3.35. The van der Waals surface area contributed by atoms with Crippen molar-refractivity contribution >= 4 is 37.4 Å². The Labute approximate surface area is 118 Å². The molecule has 1 aromatic heterocycles. The first-order valence-electron chi connectivity index (χ1n) is 5.67. The minimum atomic E-state index is 0.607. The van der Waals surface area contributed by atoms with E-state index < -0.39 is 0 Å². The molecule has 0 saturated carbocycles. The van der Waals surface area contributed by atoms with Crippen LogP contribution in [0.5, 0.6) is 5.75 Å². The van der Waals surface area contributed by atoms with E-state index in [0.717, 1.165) is 10.2 Å². The molecule has 1 heterocycles. The van der Waals surface area contributed by atoms with E-state index in [1.54, 1.807) is 11.3 Å². The number of rotatable bonds is 3. The summed E-state index contributed by atoms with van der Waals surface area (Å²) >= 11 is 5.27. The van der Waals surface area contributed by atoms with E-state index >= 15 is 0 Å². The zero-order valence-corrected chi connectivity index (χ0v) is 12.0. The molecule has 0 aliphatic carbocycles. The molecule has 0 saturated heterocycles. The summed E-state index contributed by atoms with van der Waals surface area (Å²) in [6.07, 6.45) is 0. The monoisotopic (exact) mass is 318 g/mol. The van der Waals surface area contributed by atoms with E-state index in [-0.39, 0.29) is 0 Å². The van der Waals surface area contributed by atoms with E-state index in [4.69, 9.17) is 4.74 Å². The van der Waals surface area contributed by atoms with Gasteiger partial charge >= 0.3 is 0 Å². The van der Waals surface area contributed by atoms with Crippen LogP contribution in [-0.4, -0.2) is 0 Å². The minimum Gasteiger partial charge on any atom is -0.487 e. The van der Waals surface area contributed by atoms with E-state index in [1.807, 2.05) is 30.3 Å². The molecular formula is C15H11BrOS. The predicted molar refractivity (Wildman–Crippen MR) is 80.3 cm³/mol. The normalized spacial score (nSPS) is 10.7. The fourth-order valence-corrected chi connectivity index (χ4v) is 3.33. The summed E-state index contributed by atoms with van der Waals surface area (Å²) in [5.74, 6) is 0.951. The minimum absolute atomic E-state index is 0.607. The van der Waals surface area contributed by atoms with Crippen LogP contribution in [0.1, 0.15) is 5.56 Å². The molecule has 0 fully saturated rings. The molecular weight excluding hydrogens is 308 g/mol. The number of halogens is 1. The molecule has 3 heteroatoms. The van der Waals surface area contributed by atoms with Gasteiger partial charge in [0.15, 0.2) is 0 Å². The standard InChI is InChI=1S/C15H11BrOS/c16-13-6-7-14(15-12(13)8-9-18-15)17-10-11-4-2-1-3-5-11/h1-9H,10H2. The maximum absolute atomic E-state index is 5.91. The van der Waals surface area contributed by atoms with Crippen LogP contribution >= 0.6 is 27.3 Å². The van der Waals surface area contributed by atoms with Crippen LogP contribution in [0.2, 0.25) is 0 Å². The van der Waals surface area contributed by atoms with Crippen LogP contribution in [0.25, 0.3) is 10.1 Å². The molecule has 0 aliphatic heterocycles. The third kappa shape index (κ3) is 2.28. The SMILES string of the molecule is Brc1ccc(OCc2ccccc2)c2sccc12. The van der Waals surface area contributed by atoms with E-state index in [2.05, 4.69) is 39.5 Å². The summed E-state index contributed by atoms with van der Waals surface area (Å²) in [4.78, 5) is 0. The highest BCUT2D eigenvalue weighted by atomic mass is 79.9. The highest BCUT2D eigenvalue weighted by molar-refractivity contribution is 9.10. The van der Waals surface area contributed by atoms with Gasteiger partial charge in [0.1, 0.15) is 12.4 Å². The molecule has 90 valence electrons. The number of fused-ring (bicyclic) bond motifs is 1. The van der Waals surface area contributed by atoms with Crippen LogP contribution in [0, 0.1) is 0 Å². The van der Waals surface area contributed by atoms with Crippen molar-refractivity contribution in [1.29, 1.82) is 0 Å². The lowest BCUT2D eigenvalue weighted by atomic mass is 10.2. The van der Waals surface area contributed by atoms with Gasteiger partial charge in [-0.2, -0.15) is 0 Å². The number of thiophene rings is 1. The van der Waals surface area contributed by atoms with Gasteiger partial charge < -0.3 is 4.74 Å². The van der Waals surface area contributed by atoms with Crippen molar-refractivity contribution in [1.82, 2.24) is 0 Å². The maximum atomic E-state index is 5.91. The summed E-state index contributed by atoms with van der Waals surface area (Å²) in [7, 11) is 0. The smallest absolute Gasteiger partial charge is 0.137 e. The second-order valence-electron chi connectivity index (χ2n) is 3.98. The summed E-state index contributed by atoms with van der Waals surface area (Å²) < 4.78 is 8.22. The van der Waals surface area contributed by atoms with Crippen LogP contribution in [0.4, 0.5) is 0 Å². The van der Waals surface area contributed by atoms with Gasteiger partial charge in [-0.05, 0) is 29.1 Å². The molecule has 3 rings (SSSR count). The molecule has 3 aromatic rings. The Morgan fingerprint density at radius 3 is 2.67 bits per heavy atom. The first kappa shape index (κ1) is 11.8. The number of benzene rings is 2. The average Bonchev–Trinajstić information content (AvgIpc) is 2.90. The van der Waals surface area contributed by atoms with Gasteiger partial charge in [-0.15, -0.1) is 11.3 Å². The summed E-state index contributed by atoms with van der Waals surface area (Å²) in [5.41, 5.74) is 1.19. The Hall–Kier alpha value is -1.32. The number of hydrogen-bond acceptors (Lipinski definition) is 2. The zero-order valence-electron chi connectivity index (χ0n) is 9.60. The van der Waals surface area contributed by atoms with Gasteiger partial charge in [-0.3, -0.25) is 0 Å². The van der Waals surface area contributed by atoms with Crippen molar-refractivity contribution < 1.29 is 4.74 Å². The van der Waals surface area contributed by atoms with Gasteiger partial charge in [0.25, 0.3) is 0 Å². The highest BCUT2D eigenvalue weighted by Gasteiger charge is 2.06. The molecule has 0 unspecified atom stereocenters. The Bertz CT molecular complexity index is 661. The van der Waals surface area contributed by atoms with Gasteiger partial charge in [-0.1, -0.05) is 46.3 Å². The molecule has 0 amide bonds. The van der Waals surface area contributed by atoms with Crippen LogP contribution < -0.4 is 4.74 Å². The first-order valence-corrected chi connectivity index (χ1v) is 7.34. The third-order valence-corrected chi connectivity index (χ3v) is 4.38. The summed E-state index contributed by atoms with van der Waals surface area (Å²) in [5, 5.41) is 3.30. The number of hydrogen-bond donors (Lipinski definition) is 0. The Morgan fingerprint density at radius 2 is 1.83 bits per heavy atom. The van der Waals surface area contributed by atoms with Crippen molar-refractivity contribution in [2.24, 2.45) is 0 Å². The van der Waals surface area contributed by atoms with Gasteiger partial charge in [0.2, 0.25) is 0 Å². The Morgan fingerprint density at radius 1 is 1.00 bits per heavy atom. The quantitative estimate of drug-likeness (QED) is 0.641. The second kappa shape index (κ2) is 5.12. The fourth-order valence-electron chi connectivity index (χ4n) is 1.85. The van der Waals surface area contributed by atoms with Gasteiger partial charge in [-0.25, -0.2) is 0 Å². The average molecular weight is 319 g/mol. The first-order chi connectivity index (χ1) is 8.84. The van der Waals surface area contributed by atoms with Crippen molar-refractivity contribution in [3.05, 3.63) is 63.9 Å². The largest absolute Gasteiger partial charge is 0.487 e. The predicted octanol–water partition coefficient (Wildman–Crippen LogP) is 5.24. The lowest BCUT2D eigenvalue weighted by molar-refractivity contribution is 0.310. The molecule has 0 spiro atoms. The van der Waals surface area contributed by atoms with Crippen molar-refractivity contribution in [2.75, 3.05) is 0 Å². The molecule has 2 aromatic carbocycles. The molecule has 0 aliphatic rings. The van der Waals surface area contributed by atoms with Crippen molar-refractivity contribution in [2.45, 2.75) is 6.61 Å². The second-order valence-corrected chi connectivity index (χ2v) is 5.75. The third-order valence-electron chi connectivity index (χ3n) is 2.76. The molecule has 0 radical (unpaired) electrons. The Balaban J connectivity index is 1.87.